The molecule has 1 fully saturated rings. The van der Waals surface area contributed by atoms with Gasteiger partial charge in [-0.3, -0.25) is 0 Å². The highest BCUT2D eigenvalue weighted by Crippen LogP contribution is 2.42. The highest BCUT2D eigenvalue weighted by molar-refractivity contribution is 5.54. The summed E-state index contributed by atoms with van der Waals surface area (Å²) in [6, 6.07) is 4.25. The van der Waals surface area contributed by atoms with Crippen molar-refractivity contribution in [2.24, 2.45) is 0 Å². The molecule has 1 heterocycles. The van der Waals surface area contributed by atoms with Crippen molar-refractivity contribution in [3.8, 4) is 11.5 Å². The molecule has 1 aliphatic rings. The Labute approximate surface area is 103 Å². The van der Waals surface area contributed by atoms with Crippen LogP contribution >= 0.6 is 0 Å². The van der Waals surface area contributed by atoms with Crippen LogP contribution in [0.2, 0.25) is 0 Å². The fourth-order valence-electron chi connectivity index (χ4n) is 2.68. The lowest BCUT2D eigenvalue weighted by Gasteiger charge is -2.28. The first-order valence-electron chi connectivity index (χ1n) is 6.09. The summed E-state index contributed by atoms with van der Waals surface area (Å²) in [7, 11) is 3.40. The van der Waals surface area contributed by atoms with E-state index in [1.807, 2.05) is 6.92 Å². The molecule has 3 nitrogen and oxygen atoms in total. The van der Waals surface area contributed by atoms with Crippen molar-refractivity contribution >= 4 is 0 Å². The molecule has 0 aromatic heterocycles. The van der Waals surface area contributed by atoms with Gasteiger partial charge in [-0.05, 0) is 38.8 Å². The van der Waals surface area contributed by atoms with E-state index < -0.39 is 0 Å². The van der Waals surface area contributed by atoms with E-state index in [4.69, 9.17) is 9.47 Å². The highest BCUT2D eigenvalue weighted by Gasteiger charge is 2.34. The number of hydrogen-bond acceptors (Lipinski definition) is 3. The Kier molecular flexibility index (Phi) is 3.29. The van der Waals surface area contributed by atoms with Crippen molar-refractivity contribution in [3.05, 3.63) is 23.3 Å². The molecule has 1 saturated heterocycles. The monoisotopic (exact) mass is 235 g/mol. The van der Waals surface area contributed by atoms with Crippen LogP contribution < -0.4 is 14.8 Å². The van der Waals surface area contributed by atoms with Crippen molar-refractivity contribution < 1.29 is 9.47 Å². The van der Waals surface area contributed by atoms with E-state index in [9.17, 15) is 0 Å². The molecule has 0 radical (unpaired) electrons. The van der Waals surface area contributed by atoms with Gasteiger partial charge in [0, 0.05) is 11.1 Å². The lowest BCUT2D eigenvalue weighted by Crippen LogP contribution is -2.33. The smallest absolute Gasteiger partial charge is 0.166 e. The second-order valence-corrected chi connectivity index (χ2v) is 4.86. The Balaban J connectivity index is 2.54. The van der Waals surface area contributed by atoms with Gasteiger partial charge in [0.1, 0.15) is 0 Å². The minimum atomic E-state index is 0.00627. The summed E-state index contributed by atoms with van der Waals surface area (Å²) in [5, 5.41) is 3.56. The van der Waals surface area contributed by atoms with Crippen molar-refractivity contribution in [1.29, 1.82) is 0 Å². The molecule has 0 saturated carbocycles. The van der Waals surface area contributed by atoms with E-state index in [2.05, 4.69) is 24.4 Å². The first kappa shape index (κ1) is 12.2. The van der Waals surface area contributed by atoms with E-state index in [-0.39, 0.29) is 5.54 Å². The summed E-state index contributed by atoms with van der Waals surface area (Å²) in [6.07, 6.45) is 2.34. The minimum absolute atomic E-state index is 0.00627. The second kappa shape index (κ2) is 4.57. The lowest BCUT2D eigenvalue weighted by molar-refractivity contribution is 0.332. The molecule has 94 valence electrons. The maximum Gasteiger partial charge on any atom is 0.166 e. The van der Waals surface area contributed by atoms with Gasteiger partial charge in [0.25, 0.3) is 0 Å². The van der Waals surface area contributed by atoms with Gasteiger partial charge in [0.15, 0.2) is 11.5 Å². The summed E-state index contributed by atoms with van der Waals surface area (Å²) >= 11 is 0. The minimum Gasteiger partial charge on any atom is -0.493 e. The molecule has 1 atom stereocenters. The van der Waals surface area contributed by atoms with Crippen LogP contribution in [0.25, 0.3) is 0 Å². The van der Waals surface area contributed by atoms with Gasteiger partial charge in [-0.2, -0.15) is 0 Å². The average Bonchev–Trinajstić information content (AvgIpc) is 2.76. The van der Waals surface area contributed by atoms with Crippen LogP contribution in [0.15, 0.2) is 12.1 Å². The van der Waals surface area contributed by atoms with Gasteiger partial charge in [-0.15, -0.1) is 0 Å². The predicted molar refractivity (Wildman–Crippen MR) is 68.9 cm³/mol. The molecule has 0 bridgehead atoms. The summed E-state index contributed by atoms with van der Waals surface area (Å²) < 4.78 is 11.0. The molecule has 1 aromatic rings. The second-order valence-electron chi connectivity index (χ2n) is 4.86. The standard InChI is InChI=1S/C14H21NO2/c1-10-6-7-11(13(17-4)12(10)16-3)14(2)8-5-9-15-14/h6-7,15H,5,8-9H2,1-4H3. The van der Waals surface area contributed by atoms with Gasteiger partial charge in [0.2, 0.25) is 0 Å². The van der Waals surface area contributed by atoms with Gasteiger partial charge >= 0.3 is 0 Å². The number of hydrogen-bond donors (Lipinski definition) is 1. The Bertz CT molecular complexity index is 409. The van der Waals surface area contributed by atoms with Crippen molar-refractivity contribution in [3.63, 3.8) is 0 Å². The van der Waals surface area contributed by atoms with Crippen LogP contribution in [-0.2, 0) is 5.54 Å². The van der Waals surface area contributed by atoms with Crippen LogP contribution in [-0.4, -0.2) is 20.8 Å². The first-order valence-corrected chi connectivity index (χ1v) is 6.09. The largest absolute Gasteiger partial charge is 0.493 e. The molecule has 3 heteroatoms. The van der Waals surface area contributed by atoms with Crippen LogP contribution in [0.3, 0.4) is 0 Å². The number of ether oxygens (including phenoxy) is 2. The molecule has 0 spiro atoms. The summed E-state index contributed by atoms with van der Waals surface area (Å²) in [5.41, 5.74) is 2.31. The summed E-state index contributed by atoms with van der Waals surface area (Å²) in [4.78, 5) is 0. The lowest BCUT2D eigenvalue weighted by atomic mass is 9.88. The zero-order chi connectivity index (χ0) is 12.5. The van der Waals surface area contributed by atoms with Gasteiger partial charge in [-0.25, -0.2) is 0 Å². The van der Waals surface area contributed by atoms with Gasteiger partial charge < -0.3 is 14.8 Å². The third-order valence-corrected chi connectivity index (χ3v) is 3.68. The molecule has 2 rings (SSSR count). The molecule has 0 amide bonds. The van der Waals surface area contributed by atoms with Crippen molar-refractivity contribution in [1.82, 2.24) is 5.32 Å². The number of methoxy groups -OCH3 is 2. The van der Waals surface area contributed by atoms with E-state index in [1.54, 1.807) is 14.2 Å². The fourth-order valence-corrected chi connectivity index (χ4v) is 2.68. The Hall–Kier alpha value is -1.22. The third-order valence-electron chi connectivity index (χ3n) is 3.68. The van der Waals surface area contributed by atoms with Crippen LogP contribution in [0, 0.1) is 6.92 Å². The molecule has 1 aromatic carbocycles. The predicted octanol–water partition coefficient (Wildman–Crippen LogP) is 2.61. The van der Waals surface area contributed by atoms with E-state index in [1.165, 1.54) is 12.0 Å². The molecular weight excluding hydrogens is 214 g/mol. The quantitative estimate of drug-likeness (QED) is 0.873. The van der Waals surface area contributed by atoms with Crippen LogP contribution in [0.4, 0.5) is 0 Å². The number of aryl methyl sites for hydroxylation is 1. The van der Waals surface area contributed by atoms with E-state index >= 15 is 0 Å². The molecular formula is C14H21NO2. The summed E-state index contributed by atoms with van der Waals surface area (Å²) in [5.74, 6) is 1.71. The van der Waals surface area contributed by atoms with Crippen LogP contribution in [0.1, 0.15) is 30.9 Å². The number of nitrogens with one attached hydrogen (secondary N) is 1. The van der Waals surface area contributed by atoms with E-state index in [0.717, 1.165) is 30.0 Å². The SMILES string of the molecule is COc1c(C)ccc(C2(C)CCCN2)c1OC. The fraction of sp³-hybridized carbons (Fsp3) is 0.571. The normalized spacial score (nSPS) is 23.8. The Morgan fingerprint density at radius 3 is 2.41 bits per heavy atom. The van der Waals surface area contributed by atoms with E-state index in [0.29, 0.717) is 0 Å². The zero-order valence-electron chi connectivity index (χ0n) is 11.1. The van der Waals surface area contributed by atoms with Crippen LogP contribution in [0.5, 0.6) is 11.5 Å². The van der Waals surface area contributed by atoms with Crippen molar-refractivity contribution in [2.45, 2.75) is 32.2 Å². The molecule has 1 N–H and O–H groups in total. The number of rotatable bonds is 3. The maximum atomic E-state index is 5.56. The maximum absolute atomic E-state index is 5.56. The summed E-state index contributed by atoms with van der Waals surface area (Å²) in [6.45, 7) is 5.33. The molecule has 1 unspecified atom stereocenters. The Morgan fingerprint density at radius 2 is 1.88 bits per heavy atom. The molecule has 0 aliphatic carbocycles. The average molecular weight is 235 g/mol. The molecule has 17 heavy (non-hydrogen) atoms. The van der Waals surface area contributed by atoms with Crippen molar-refractivity contribution in [2.75, 3.05) is 20.8 Å². The van der Waals surface area contributed by atoms with Gasteiger partial charge in [0.05, 0.1) is 14.2 Å². The highest BCUT2D eigenvalue weighted by atomic mass is 16.5. The molecule has 1 aliphatic heterocycles. The third kappa shape index (κ3) is 2.00. The number of benzene rings is 1. The Morgan fingerprint density at radius 1 is 1.18 bits per heavy atom. The zero-order valence-corrected chi connectivity index (χ0v) is 11.1. The topological polar surface area (TPSA) is 30.5 Å². The first-order chi connectivity index (χ1) is 8.12. The van der Waals surface area contributed by atoms with Gasteiger partial charge in [-0.1, -0.05) is 12.1 Å².